The molecule has 1 aromatic rings. The Labute approximate surface area is 93.7 Å². The van der Waals surface area contributed by atoms with Crippen LogP contribution in [0.4, 0.5) is 5.13 Å². The van der Waals surface area contributed by atoms with Crippen molar-refractivity contribution in [2.45, 2.75) is 37.6 Å². The molecule has 4 nitrogen and oxygen atoms in total. The second-order valence-corrected chi connectivity index (χ2v) is 5.16. The Balaban J connectivity index is 1.78. The molecular weight excluding hydrogens is 208 g/mol. The second-order valence-electron chi connectivity index (χ2n) is 4.43. The maximum Gasteiger partial charge on any atom is 0.205 e. The highest BCUT2D eigenvalue weighted by Gasteiger charge is 2.31. The van der Waals surface area contributed by atoms with Crippen LogP contribution >= 0.6 is 11.5 Å². The molecule has 0 spiro atoms. The van der Waals surface area contributed by atoms with Crippen molar-refractivity contribution < 1.29 is 0 Å². The van der Waals surface area contributed by atoms with Gasteiger partial charge in [-0.2, -0.15) is 4.37 Å². The number of rotatable bonds is 3. The Morgan fingerprint density at radius 3 is 3.00 bits per heavy atom. The summed E-state index contributed by atoms with van der Waals surface area (Å²) in [6.45, 7) is 1.83. The van der Waals surface area contributed by atoms with Crippen LogP contribution < -0.4 is 10.6 Å². The van der Waals surface area contributed by atoms with Crippen LogP contribution in [0.1, 0.15) is 37.4 Å². The summed E-state index contributed by atoms with van der Waals surface area (Å²) in [6.07, 6.45) is 4.99. The highest BCUT2D eigenvalue weighted by Crippen LogP contribution is 2.40. The SMILES string of the molecule is NCC1CCCN1c1nc(C2CC2)ns1. The molecule has 2 aliphatic rings. The fourth-order valence-electron chi connectivity index (χ4n) is 2.18. The minimum absolute atomic E-state index is 0.491. The average Bonchev–Trinajstić information content (AvgIpc) is 2.83. The van der Waals surface area contributed by atoms with Crippen molar-refractivity contribution in [1.82, 2.24) is 9.36 Å². The Morgan fingerprint density at radius 2 is 2.27 bits per heavy atom. The molecule has 1 aromatic heterocycles. The summed E-state index contributed by atoms with van der Waals surface area (Å²) < 4.78 is 4.44. The Kier molecular flexibility index (Phi) is 2.36. The zero-order valence-corrected chi connectivity index (χ0v) is 9.54. The first-order valence-corrected chi connectivity index (χ1v) is 6.46. The highest BCUT2D eigenvalue weighted by molar-refractivity contribution is 7.09. The zero-order chi connectivity index (χ0) is 10.3. The maximum absolute atomic E-state index is 5.76. The topological polar surface area (TPSA) is 55.0 Å². The number of hydrogen-bond donors (Lipinski definition) is 1. The molecule has 1 aliphatic heterocycles. The summed E-state index contributed by atoms with van der Waals surface area (Å²) >= 11 is 1.54. The number of nitrogens with zero attached hydrogens (tertiary/aromatic N) is 3. The summed E-state index contributed by atoms with van der Waals surface area (Å²) in [5, 5.41) is 1.09. The van der Waals surface area contributed by atoms with Gasteiger partial charge in [0.25, 0.3) is 0 Å². The van der Waals surface area contributed by atoms with Crippen LogP contribution in [-0.4, -0.2) is 28.5 Å². The fraction of sp³-hybridized carbons (Fsp3) is 0.800. The van der Waals surface area contributed by atoms with Gasteiger partial charge >= 0.3 is 0 Å². The fourth-order valence-corrected chi connectivity index (χ4v) is 3.03. The van der Waals surface area contributed by atoms with Crippen LogP contribution in [0.2, 0.25) is 0 Å². The molecule has 82 valence electrons. The average molecular weight is 224 g/mol. The van der Waals surface area contributed by atoms with E-state index in [0.717, 1.165) is 24.0 Å². The van der Waals surface area contributed by atoms with E-state index in [1.165, 1.54) is 25.7 Å². The van der Waals surface area contributed by atoms with E-state index in [4.69, 9.17) is 5.73 Å². The third kappa shape index (κ3) is 1.74. The quantitative estimate of drug-likeness (QED) is 0.842. The van der Waals surface area contributed by atoms with Crippen LogP contribution in [0.5, 0.6) is 0 Å². The summed E-state index contributed by atoms with van der Waals surface area (Å²) in [7, 11) is 0. The Hall–Kier alpha value is -0.680. The molecule has 2 N–H and O–H groups in total. The lowest BCUT2D eigenvalue weighted by atomic mass is 10.2. The van der Waals surface area contributed by atoms with Crippen molar-refractivity contribution in [3.8, 4) is 0 Å². The molecule has 0 aromatic carbocycles. The van der Waals surface area contributed by atoms with Crippen molar-refractivity contribution in [3.63, 3.8) is 0 Å². The second kappa shape index (κ2) is 3.72. The standard InChI is InChI=1S/C10H16N4S/c11-6-8-2-1-5-14(8)10-12-9(13-15-10)7-3-4-7/h7-8H,1-6,11H2. The lowest BCUT2D eigenvalue weighted by Gasteiger charge is -2.21. The van der Waals surface area contributed by atoms with Crippen molar-refractivity contribution in [2.75, 3.05) is 18.0 Å². The van der Waals surface area contributed by atoms with Gasteiger partial charge in [0.2, 0.25) is 5.13 Å². The van der Waals surface area contributed by atoms with Gasteiger partial charge in [0.05, 0.1) is 0 Å². The molecule has 0 radical (unpaired) electrons. The van der Waals surface area contributed by atoms with E-state index in [9.17, 15) is 0 Å². The molecule has 1 saturated heterocycles. The first-order chi connectivity index (χ1) is 7.38. The number of anilines is 1. The highest BCUT2D eigenvalue weighted by atomic mass is 32.1. The molecule has 15 heavy (non-hydrogen) atoms. The third-order valence-corrected chi connectivity index (χ3v) is 4.04. The predicted octanol–water partition coefficient (Wildman–Crippen LogP) is 1.34. The summed E-state index contributed by atoms with van der Waals surface area (Å²) in [5.74, 6) is 1.73. The molecule has 2 fully saturated rings. The molecular formula is C10H16N4S. The summed E-state index contributed by atoms with van der Waals surface area (Å²) in [4.78, 5) is 6.97. The van der Waals surface area contributed by atoms with Gasteiger partial charge in [0, 0.05) is 36.6 Å². The smallest absolute Gasteiger partial charge is 0.205 e. The van der Waals surface area contributed by atoms with Gasteiger partial charge < -0.3 is 10.6 Å². The molecule has 3 rings (SSSR count). The third-order valence-electron chi connectivity index (χ3n) is 3.27. The van der Waals surface area contributed by atoms with Crippen molar-refractivity contribution in [1.29, 1.82) is 0 Å². The van der Waals surface area contributed by atoms with Gasteiger partial charge in [-0.25, -0.2) is 4.98 Å². The van der Waals surface area contributed by atoms with Gasteiger partial charge in [0.1, 0.15) is 5.82 Å². The van der Waals surface area contributed by atoms with Crippen molar-refractivity contribution in [2.24, 2.45) is 5.73 Å². The van der Waals surface area contributed by atoms with Crippen LogP contribution in [-0.2, 0) is 0 Å². The normalized spacial score (nSPS) is 26.2. The van der Waals surface area contributed by atoms with E-state index in [2.05, 4.69) is 14.3 Å². The van der Waals surface area contributed by atoms with E-state index < -0.39 is 0 Å². The van der Waals surface area contributed by atoms with E-state index >= 15 is 0 Å². The van der Waals surface area contributed by atoms with E-state index in [0.29, 0.717) is 12.0 Å². The molecule has 0 amide bonds. The minimum atomic E-state index is 0.491. The maximum atomic E-state index is 5.76. The van der Waals surface area contributed by atoms with Gasteiger partial charge in [-0.1, -0.05) is 0 Å². The molecule has 1 saturated carbocycles. The van der Waals surface area contributed by atoms with Gasteiger partial charge in [-0.3, -0.25) is 0 Å². The minimum Gasteiger partial charge on any atom is -0.343 e. The van der Waals surface area contributed by atoms with Crippen LogP contribution in [0.15, 0.2) is 0 Å². The number of aromatic nitrogens is 2. The van der Waals surface area contributed by atoms with E-state index in [-0.39, 0.29) is 0 Å². The summed E-state index contributed by atoms with van der Waals surface area (Å²) in [6, 6.07) is 0.491. The van der Waals surface area contributed by atoms with Crippen LogP contribution in [0.3, 0.4) is 0 Å². The molecule has 5 heteroatoms. The monoisotopic (exact) mass is 224 g/mol. The van der Waals surface area contributed by atoms with E-state index in [1.54, 1.807) is 11.5 Å². The molecule has 0 bridgehead atoms. The Bertz CT molecular complexity index is 347. The lowest BCUT2D eigenvalue weighted by Crippen LogP contribution is -2.35. The number of hydrogen-bond acceptors (Lipinski definition) is 5. The summed E-state index contributed by atoms with van der Waals surface area (Å²) in [5.41, 5.74) is 5.76. The van der Waals surface area contributed by atoms with Crippen LogP contribution in [0, 0.1) is 0 Å². The number of nitrogens with two attached hydrogens (primary N) is 1. The van der Waals surface area contributed by atoms with Gasteiger partial charge in [0.15, 0.2) is 0 Å². The molecule has 1 unspecified atom stereocenters. The lowest BCUT2D eigenvalue weighted by molar-refractivity contribution is 0.675. The van der Waals surface area contributed by atoms with Crippen molar-refractivity contribution >= 4 is 16.7 Å². The molecule has 1 aliphatic carbocycles. The first kappa shape index (κ1) is 9.54. The van der Waals surface area contributed by atoms with E-state index in [1.807, 2.05) is 0 Å². The predicted molar refractivity (Wildman–Crippen MR) is 61.3 cm³/mol. The van der Waals surface area contributed by atoms with Gasteiger partial charge in [-0.15, -0.1) is 0 Å². The first-order valence-electron chi connectivity index (χ1n) is 5.69. The van der Waals surface area contributed by atoms with Gasteiger partial charge in [-0.05, 0) is 25.7 Å². The molecule has 1 atom stereocenters. The van der Waals surface area contributed by atoms with Crippen molar-refractivity contribution in [3.05, 3.63) is 5.82 Å². The largest absolute Gasteiger partial charge is 0.343 e. The molecule has 2 heterocycles. The Morgan fingerprint density at radius 1 is 1.40 bits per heavy atom. The van der Waals surface area contributed by atoms with Crippen LogP contribution in [0.25, 0.3) is 0 Å². The zero-order valence-electron chi connectivity index (χ0n) is 8.72.